The first-order chi connectivity index (χ1) is 7.09. The molecule has 0 saturated heterocycles. The number of nitrogens with one attached hydrogen (secondary N) is 1. The van der Waals surface area contributed by atoms with Crippen LogP contribution in [-0.4, -0.2) is 30.1 Å². The van der Waals surface area contributed by atoms with E-state index in [9.17, 15) is 0 Å². The minimum atomic E-state index is 0.0922. The summed E-state index contributed by atoms with van der Waals surface area (Å²) in [6, 6.07) is 0. The average molecular weight is 208 g/mol. The van der Waals surface area contributed by atoms with Gasteiger partial charge in [-0.2, -0.15) is 0 Å². The Hall–Kier alpha value is -0.760. The molecule has 0 aromatic carbocycles. The summed E-state index contributed by atoms with van der Waals surface area (Å²) in [5.41, 5.74) is 0.0922. The van der Waals surface area contributed by atoms with Crippen molar-refractivity contribution in [2.24, 2.45) is 5.92 Å². The van der Waals surface area contributed by atoms with E-state index in [1.54, 1.807) is 0 Å². The van der Waals surface area contributed by atoms with Gasteiger partial charge in [-0.05, 0) is 38.9 Å². The zero-order valence-electron chi connectivity index (χ0n) is 10.3. The fourth-order valence-corrected chi connectivity index (χ4v) is 1.95. The number of rotatable bonds is 4. The van der Waals surface area contributed by atoms with Crippen molar-refractivity contribution >= 4 is 0 Å². The Morgan fingerprint density at radius 2 is 2.40 bits per heavy atom. The molecule has 0 aromatic heterocycles. The molecule has 1 heterocycles. The molecule has 0 aromatic rings. The highest BCUT2D eigenvalue weighted by atomic mass is 15.1. The second-order valence-electron chi connectivity index (χ2n) is 4.71. The van der Waals surface area contributed by atoms with E-state index in [0.717, 1.165) is 19.6 Å². The number of allylic oxidation sites excluding steroid dienone is 1. The fraction of sp³-hybridized carbons (Fsp3) is 0.692. The van der Waals surface area contributed by atoms with E-state index in [2.05, 4.69) is 49.7 Å². The van der Waals surface area contributed by atoms with Crippen LogP contribution in [0.4, 0.5) is 0 Å². The van der Waals surface area contributed by atoms with E-state index >= 15 is 0 Å². The van der Waals surface area contributed by atoms with Gasteiger partial charge in [0.2, 0.25) is 0 Å². The van der Waals surface area contributed by atoms with Crippen LogP contribution in [0.2, 0.25) is 0 Å². The van der Waals surface area contributed by atoms with Crippen molar-refractivity contribution < 1.29 is 0 Å². The van der Waals surface area contributed by atoms with Crippen LogP contribution in [-0.2, 0) is 0 Å². The maximum Gasteiger partial charge on any atom is 0.0513 e. The fourth-order valence-electron chi connectivity index (χ4n) is 1.95. The summed E-state index contributed by atoms with van der Waals surface area (Å²) in [7, 11) is 0. The van der Waals surface area contributed by atoms with Crippen molar-refractivity contribution in [3.63, 3.8) is 0 Å². The lowest BCUT2D eigenvalue weighted by molar-refractivity contribution is 0.293. The molecular formula is C13H24N2. The maximum absolute atomic E-state index is 3.84. The lowest BCUT2D eigenvalue weighted by atomic mass is 10.0. The van der Waals surface area contributed by atoms with Crippen LogP contribution >= 0.6 is 0 Å². The van der Waals surface area contributed by atoms with Crippen LogP contribution < -0.4 is 5.32 Å². The molecule has 1 N–H and O–H groups in total. The summed E-state index contributed by atoms with van der Waals surface area (Å²) < 4.78 is 0. The third-order valence-corrected chi connectivity index (χ3v) is 3.12. The largest absolute Gasteiger partial charge is 0.376 e. The normalized spacial score (nSPS) is 31.0. The van der Waals surface area contributed by atoms with Crippen molar-refractivity contribution in [3.05, 3.63) is 24.9 Å². The summed E-state index contributed by atoms with van der Waals surface area (Å²) in [6.07, 6.45) is 7.80. The monoisotopic (exact) mass is 208 g/mol. The first-order valence-corrected chi connectivity index (χ1v) is 5.90. The highest BCUT2D eigenvalue weighted by Gasteiger charge is 2.23. The molecule has 2 heteroatoms. The van der Waals surface area contributed by atoms with E-state index in [4.69, 9.17) is 0 Å². The Kier molecular flexibility index (Phi) is 4.40. The highest BCUT2D eigenvalue weighted by Crippen LogP contribution is 2.16. The first kappa shape index (κ1) is 12.3. The van der Waals surface area contributed by atoms with E-state index in [1.165, 1.54) is 6.42 Å². The zero-order valence-corrected chi connectivity index (χ0v) is 10.3. The molecule has 0 spiro atoms. The predicted molar refractivity (Wildman–Crippen MR) is 66.8 cm³/mol. The summed E-state index contributed by atoms with van der Waals surface area (Å²) in [5.74, 6) is 0.693. The van der Waals surface area contributed by atoms with Crippen LogP contribution in [0.3, 0.4) is 0 Å². The predicted octanol–water partition coefficient (Wildman–Crippen LogP) is 2.40. The molecule has 0 radical (unpaired) electrons. The van der Waals surface area contributed by atoms with Gasteiger partial charge in [-0.15, -0.1) is 0 Å². The van der Waals surface area contributed by atoms with Gasteiger partial charge < -0.3 is 10.2 Å². The van der Waals surface area contributed by atoms with Crippen LogP contribution in [0.1, 0.15) is 27.2 Å². The summed E-state index contributed by atoms with van der Waals surface area (Å²) in [5, 5.41) is 3.61. The van der Waals surface area contributed by atoms with Crippen molar-refractivity contribution in [2.45, 2.75) is 32.7 Å². The second-order valence-corrected chi connectivity index (χ2v) is 4.71. The molecule has 2 nitrogen and oxygen atoms in total. The number of hydrogen-bond donors (Lipinski definition) is 1. The van der Waals surface area contributed by atoms with Gasteiger partial charge in [0, 0.05) is 13.1 Å². The van der Waals surface area contributed by atoms with Crippen LogP contribution in [0.25, 0.3) is 0 Å². The highest BCUT2D eigenvalue weighted by molar-refractivity contribution is 5.09. The van der Waals surface area contributed by atoms with Crippen LogP contribution in [0.15, 0.2) is 24.9 Å². The maximum atomic E-state index is 3.84. The van der Waals surface area contributed by atoms with E-state index in [0.29, 0.717) is 5.92 Å². The number of likely N-dealkylation sites (N-methyl/N-ethyl adjacent to an activating group) is 1. The van der Waals surface area contributed by atoms with Crippen LogP contribution in [0.5, 0.6) is 0 Å². The summed E-state index contributed by atoms with van der Waals surface area (Å²) in [4.78, 5) is 2.24. The van der Waals surface area contributed by atoms with Gasteiger partial charge in [0.15, 0.2) is 0 Å². The Labute approximate surface area is 94.0 Å². The van der Waals surface area contributed by atoms with Gasteiger partial charge in [-0.1, -0.05) is 25.7 Å². The third-order valence-electron chi connectivity index (χ3n) is 3.12. The molecule has 0 unspecified atom stereocenters. The lowest BCUT2D eigenvalue weighted by Crippen LogP contribution is -2.48. The molecule has 0 bridgehead atoms. The van der Waals surface area contributed by atoms with Crippen molar-refractivity contribution in [1.29, 1.82) is 0 Å². The van der Waals surface area contributed by atoms with Crippen molar-refractivity contribution in [1.82, 2.24) is 10.2 Å². The van der Waals surface area contributed by atoms with Crippen LogP contribution in [0, 0.1) is 5.92 Å². The van der Waals surface area contributed by atoms with Gasteiger partial charge in [-0.3, -0.25) is 0 Å². The Balaban J connectivity index is 2.63. The number of hydrogen-bond acceptors (Lipinski definition) is 2. The summed E-state index contributed by atoms with van der Waals surface area (Å²) in [6.45, 7) is 13.6. The molecule has 0 fully saturated rings. The molecule has 0 saturated carbocycles. The standard InChI is InChI=1S/C13H24N2/c1-5-15(6-2)11-13(4)9-7-12(3)8-10-14-13/h5,7,9,12,14H,1,6,8,10-11H2,2-4H3/t12-,13-/m1/s1. The van der Waals surface area contributed by atoms with E-state index < -0.39 is 0 Å². The molecule has 2 atom stereocenters. The molecule has 0 aliphatic carbocycles. The first-order valence-electron chi connectivity index (χ1n) is 5.90. The topological polar surface area (TPSA) is 15.3 Å². The minimum Gasteiger partial charge on any atom is -0.376 e. The Morgan fingerprint density at radius 1 is 1.67 bits per heavy atom. The van der Waals surface area contributed by atoms with E-state index in [1.807, 2.05) is 6.20 Å². The molecule has 1 aliphatic heterocycles. The van der Waals surface area contributed by atoms with Gasteiger partial charge in [0.05, 0.1) is 5.54 Å². The smallest absolute Gasteiger partial charge is 0.0513 e. The van der Waals surface area contributed by atoms with E-state index in [-0.39, 0.29) is 5.54 Å². The SMILES string of the molecule is C=CN(CC)C[C@@]1(C)C=C[C@@H](C)CCN1. The van der Waals surface area contributed by atoms with Gasteiger partial charge in [0.1, 0.15) is 0 Å². The molecule has 0 amide bonds. The van der Waals surface area contributed by atoms with Crippen molar-refractivity contribution in [2.75, 3.05) is 19.6 Å². The van der Waals surface area contributed by atoms with Gasteiger partial charge in [0.25, 0.3) is 0 Å². The quantitative estimate of drug-likeness (QED) is 0.714. The third kappa shape index (κ3) is 3.71. The Morgan fingerprint density at radius 3 is 3.00 bits per heavy atom. The zero-order chi connectivity index (χ0) is 11.3. The van der Waals surface area contributed by atoms with Gasteiger partial charge >= 0.3 is 0 Å². The molecule has 86 valence electrons. The van der Waals surface area contributed by atoms with Crippen molar-refractivity contribution in [3.8, 4) is 0 Å². The average Bonchev–Trinajstić information content (AvgIpc) is 2.38. The Bertz CT molecular complexity index is 235. The van der Waals surface area contributed by atoms with Gasteiger partial charge in [-0.25, -0.2) is 0 Å². The molecule has 1 aliphatic rings. The summed E-state index contributed by atoms with van der Waals surface area (Å²) >= 11 is 0. The lowest BCUT2D eigenvalue weighted by Gasteiger charge is -2.32. The molecule has 15 heavy (non-hydrogen) atoms. The second kappa shape index (κ2) is 5.36. The minimum absolute atomic E-state index is 0.0922. The molecular weight excluding hydrogens is 184 g/mol. The number of nitrogens with zero attached hydrogens (tertiary/aromatic N) is 1. The molecule has 1 rings (SSSR count).